The van der Waals surface area contributed by atoms with Gasteiger partial charge in [0.2, 0.25) is 5.91 Å². The Morgan fingerprint density at radius 3 is 2.50 bits per heavy atom. The van der Waals surface area contributed by atoms with Gasteiger partial charge < -0.3 is 5.32 Å². The Hall–Kier alpha value is -2.60. The zero-order chi connectivity index (χ0) is 20.1. The van der Waals surface area contributed by atoms with Crippen molar-refractivity contribution in [3.63, 3.8) is 0 Å². The first-order chi connectivity index (χ1) is 13.5. The van der Waals surface area contributed by atoms with Crippen LogP contribution in [0.5, 0.6) is 0 Å². The van der Waals surface area contributed by atoms with Gasteiger partial charge in [0.05, 0.1) is 16.2 Å². The molecule has 28 heavy (non-hydrogen) atoms. The van der Waals surface area contributed by atoms with Crippen LogP contribution in [-0.4, -0.2) is 20.7 Å². The lowest BCUT2D eigenvalue weighted by Gasteiger charge is -2.20. The number of aromatic nitrogens is 2. The molecule has 1 amide bonds. The van der Waals surface area contributed by atoms with E-state index in [-0.39, 0.29) is 22.8 Å². The van der Waals surface area contributed by atoms with Crippen LogP contribution in [0.15, 0.2) is 64.5 Å². The summed E-state index contributed by atoms with van der Waals surface area (Å²) in [7, 11) is 0. The lowest BCUT2D eigenvalue weighted by atomic mass is 10.2. The van der Waals surface area contributed by atoms with E-state index in [1.807, 2.05) is 69.3 Å². The molecule has 2 atom stereocenters. The maximum absolute atomic E-state index is 13.0. The number of carbonyl (C=O) groups excluding carboxylic acids is 1. The molecule has 146 valence electrons. The molecule has 1 aromatic heterocycles. The summed E-state index contributed by atoms with van der Waals surface area (Å²) in [6.45, 7) is 6.36. The fourth-order valence-corrected chi connectivity index (χ4v) is 3.95. The number of carbonyl (C=O) groups is 1. The van der Waals surface area contributed by atoms with Gasteiger partial charge in [0, 0.05) is 12.6 Å². The SMILES string of the molecule is CC[C@@H](C)n1c(S[C@@H](C)C(=O)NCc2ccccc2)nc2ccccc2c1=O. The molecule has 0 aliphatic rings. The van der Waals surface area contributed by atoms with E-state index in [0.717, 1.165) is 12.0 Å². The van der Waals surface area contributed by atoms with Crippen molar-refractivity contribution in [3.05, 3.63) is 70.5 Å². The molecular weight excluding hydrogens is 370 g/mol. The number of benzene rings is 2. The third-order valence-corrected chi connectivity index (χ3v) is 5.83. The fraction of sp³-hybridized carbons (Fsp3) is 0.318. The van der Waals surface area contributed by atoms with Crippen molar-refractivity contribution in [2.75, 3.05) is 0 Å². The average Bonchev–Trinajstić information content (AvgIpc) is 2.72. The van der Waals surface area contributed by atoms with Gasteiger partial charge in [-0.1, -0.05) is 61.2 Å². The first kappa shape index (κ1) is 20.1. The second-order valence-electron chi connectivity index (χ2n) is 6.81. The standard InChI is InChI=1S/C22H25N3O2S/c1-4-15(2)25-21(27)18-12-8-9-13-19(18)24-22(25)28-16(3)20(26)23-14-17-10-6-5-7-11-17/h5-13,15-16H,4,14H2,1-3H3,(H,23,26)/t15-,16+/m1/s1. The quantitative estimate of drug-likeness (QED) is 0.482. The smallest absolute Gasteiger partial charge is 0.262 e. The van der Waals surface area contributed by atoms with Crippen molar-refractivity contribution in [2.45, 2.75) is 50.2 Å². The first-order valence-corrected chi connectivity index (χ1v) is 10.4. The number of amides is 1. The summed E-state index contributed by atoms with van der Waals surface area (Å²) in [5.41, 5.74) is 1.65. The van der Waals surface area contributed by atoms with Gasteiger partial charge in [0.15, 0.2) is 5.16 Å². The lowest BCUT2D eigenvalue weighted by molar-refractivity contribution is -0.120. The molecule has 3 rings (SSSR count). The highest BCUT2D eigenvalue weighted by Crippen LogP contribution is 2.26. The zero-order valence-electron chi connectivity index (χ0n) is 16.4. The molecular formula is C22H25N3O2S. The third-order valence-electron chi connectivity index (χ3n) is 4.77. The van der Waals surface area contributed by atoms with E-state index < -0.39 is 0 Å². The number of hydrogen-bond acceptors (Lipinski definition) is 4. The summed E-state index contributed by atoms with van der Waals surface area (Å²) >= 11 is 1.33. The minimum atomic E-state index is -0.368. The number of nitrogens with one attached hydrogen (secondary N) is 1. The Labute approximate surface area is 169 Å². The van der Waals surface area contributed by atoms with Gasteiger partial charge in [-0.25, -0.2) is 4.98 Å². The van der Waals surface area contributed by atoms with Crippen molar-refractivity contribution in [1.82, 2.24) is 14.9 Å². The first-order valence-electron chi connectivity index (χ1n) is 9.50. The van der Waals surface area contributed by atoms with Crippen molar-refractivity contribution >= 4 is 28.6 Å². The van der Waals surface area contributed by atoms with E-state index in [2.05, 4.69) is 5.32 Å². The minimum Gasteiger partial charge on any atom is -0.351 e. The van der Waals surface area contributed by atoms with Gasteiger partial charge in [0.25, 0.3) is 5.56 Å². The fourth-order valence-electron chi connectivity index (χ4n) is 2.92. The van der Waals surface area contributed by atoms with Crippen molar-refractivity contribution in [3.8, 4) is 0 Å². The van der Waals surface area contributed by atoms with Crippen LogP contribution in [0.2, 0.25) is 0 Å². The molecule has 0 radical (unpaired) electrons. The average molecular weight is 396 g/mol. The molecule has 0 saturated carbocycles. The molecule has 0 aliphatic heterocycles. The van der Waals surface area contributed by atoms with Gasteiger partial charge in [-0.15, -0.1) is 0 Å². The van der Waals surface area contributed by atoms with Gasteiger partial charge in [-0.05, 0) is 38.0 Å². The molecule has 5 nitrogen and oxygen atoms in total. The van der Waals surface area contributed by atoms with Crippen LogP contribution in [0.1, 0.15) is 38.8 Å². The predicted molar refractivity (Wildman–Crippen MR) is 115 cm³/mol. The van der Waals surface area contributed by atoms with Gasteiger partial charge in [-0.3, -0.25) is 14.2 Å². The van der Waals surface area contributed by atoms with Crippen LogP contribution in [0, 0.1) is 0 Å². The third kappa shape index (κ3) is 4.44. The molecule has 0 saturated heterocycles. The molecule has 0 fully saturated rings. The highest BCUT2D eigenvalue weighted by molar-refractivity contribution is 8.00. The number of hydrogen-bond donors (Lipinski definition) is 1. The number of fused-ring (bicyclic) bond motifs is 1. The van der Waals surface area contributed by atoms with Gasteiger partial charge in [-0.2, -0.15) is 0 Å². The van der Waals surface area contributed by atoms with Crippen LogP contribution >= 0.6 is 11.8 Å². The highest BCUT2D eigenvalue weighted by atomic mass is 32.2. The van der Waals surface area contributed by atoms with Crippen molar-refractivity contribution < 1.29 is 4.79 Å². The topological polar surface area (TPSA) is 64.0 Å². The van der Waals surface area contributed by atoms with E-state index in [9.17, 15) is 9.59 Å². The van der Waals surface area contributed by atoms with E-state index in [4.69, 9.17) is 4.98 Å². The van der Waals surface area contributed by atoms with Crippen LogP contribution in [-0.2, 0) is 11.3 Å². The predicted octanol–water partition coefficient (Wildman–Crippen LogP) is 4.16. The van der Waals surface area contributed by atoms with Crippen LogP contribution in [0.25, 0.3) is 10.9 Å². The maximum Gasteiger partial charge on any atom is 0.262 e. The lowest BCUT2D eigenvalue weighted by Crippen LogP contribution is -2.32. The minimum absolute atomic E-state index is 0.00619. The number of thioether (sulfide) groups is 1. The largest absolute Gasteiger partial charge is 0.351 e. The molecule has 6 heteroatoms. The second kappa shape index (κ2) is 9.06. The van der Waals surface area contributed by atoms with Gasteiger partial charge >= 0.3 is 0 Å². The molecule has 1 heterocycles. The molecule has 0 spiro atoms. The molecule has 2 aromatic carbocycles. The Bertz CT molecular complexity index is 1020. The van der Waals surface area contributed by atoms with Crippen LogP contribution in [0.3, 0.4) is 0 Å². The van der Waals surface area contributed by atoms with E-state index >= 15 is 0 Å². The van der Waals surface area contributed by atoms with E-state index in [1.165, 1.54) is 11.8 Å². The molecule has 0 aliphatic carbocycles. The summed E-state index contributed by atoms with van der Waals surface area (Å²) in [5, 5.41) is 3.78. The molecule has 1 N–H and O–H groups in total. The summed E-state index contributed by atoms with van der Waals surface area (Å²) in [5.74, 6) is -0.0769. The second-order valence-corrected chi connectivity index (χ2v) is 8.12. The zero-order valence-corrected chi connectivity index (χ0v) is 17.2. The van der Waals surface area contributed by atoms with E-state index in [0.29, 0.717) is 22.6 Å². The normalized spacial score (nSPS) is 13.2. The molecule has 3 aromatic rings. The van der Waals surface area contributed by atoms with Gasteiger partial charge in [0.1, 0.15) is 0 Å². The highest BCUT2D eigenvalue weighted by Gasteiger charge is 2.21. The monoisotopic (exact) mass is 395 g/mol. The van der Waals surface area contributed by atoms with Crippen LogP contribution < -0.4 is 10.9 Å². The Morgan fingerprint density at radius 1 is 1.11 bits per heavy atom. The molecule has 0 bridgehead atoms. The Kier molecular flexibility index (Phi) is 6.52. The number of nitrogens with zero attached hydrogens (tertiary/aromatic N) is 2. The van der Waals surface area contributed by atoms with E-state index in [1.54, 1.807) is 10.6 Å². The Morgan fingerprint density at radius 2 is 1.79 bits per heavy atom. The Balaban J connectivity index is 1.83. The number of rotatable bonds is 7. The number of para-hydroxylation sites is 1. The summed E-state index contributed by atoms with van der Waals surface area (Å²) < 4.78 is 1.72. The summed E-state index contributed by atoms with van der Waals surface area (Å²) in [4.78, 5) is 30.3. The summed E-state index contributed by atoms with van der Waals surface area (Å²) in [6, 6.07) is 17.2. The van der Waals surface area contributed by atoms with Crippen molar-refractivity contribution in [1.29, 1.82) is 0 Å². The summed E-state index contributed by atoms with van der Waals surface area (Å²) in [6.07, 6.45) is 0.808. The molecule has 0 unspecified atom stereocenters. The maximum atomic E-state index is 13.0. The van der Waals surface area contributed by atoms with Crippen LogP contribution in [0.4, 0.5) is 0 Å². The van der Waals surface area contributed by atoms with Crippen molar-refractivity contribution in [2.24, 2.45) is 0 Å².